The van der Waals surface area contributed by atoms with E-state index in [4.69, 9.17) is 5.11 Å². The van der Waals surface area contributed by atoms with Crippen molar-refractivity contribution in [2.45, 2.75) is 136 Å². The number of amides is 1. The van der Waals surface area contributed by atoms with Crippen LogP contribution in [0.3, 0.4) is 0 Å². The Bertz CT molecular complexity index is 1170. The maximum absolute atomic E-state index is 12.9. The molecule has 0 bridgehead atoms. The average molecular weight is 608 g/mol. The van der Waals surface area contributed by atoms with Gasteiger partial charge in [0.1, 0.15) is 0 Å². The second-order valence-electron chi connectivity index (χ2n) is 13.0. The van der Waals surface area contributed by atoms with Gasteiger partial charge >= 0.3 is 5.97 Å². The van der Waals surface area contributed by atoms with Crippen LogP contribution in [0.15, 0.2) is 30.5 Å². The van der Waals surface area contributed by atoms with Crippen LogP contribution in [0.4, 0.5) is 0 Å². The molecule has 0 spiro atoms. The van der Waals surface area contributed by atoms with Gasteiger partial charge in [0.15, 0.2) is 0 Å². The van der Waals surface area contributed by atoms with Crippen molar-refractivity contribution in [3.8, 4) is 0 Å². The molecule has 0 saturated carbocycles. The number of carbonyl (C=O) groups is 2. The highest BCUT2D eigenvalue weighted by molar-refractivity contribution is 5.99. The highest BCUT2D eigenvalue weighted by Gasteiger charge is 2.36. The number of hydrogen-bond acceptors (Lipinski definition) is 3. The number of likely N-dealkylation sites (N-methyl/N-ethyl adjacent to an activating group) is 1. The van der Waals surface area contributed by atoms with Crippen molar-refractivity contribution in [1.82, 2.24) is 14.8 Å². The normalized spacial score (nSPS) is 17.5. The standard InChI is InChI=1S/C20H25N3O.C18H36O2/c1-4-23(5-2)20(24)14-9-16-15-7-6-8-17-19(15)13(11-21-17)10-18(16)22(3)12-14;1-2-3-4-5-6-7-8-9-10-11-12-13-14-15-16-17-18(19)20/h6-9,11,14,18,21H,4-5,10,12H2,1-3H3;2-17H2,1H3,(H,19,20)/t14-,18-;/m1./s1. The molecule has 0 radical (unpaired) electrons. The van der Waals surface area contributed by atoms with Gasteiger partial charge < -0.3 is 15.0 Å². The predicted octanol–water partition coefficient (Wildman–Crippen LogP) is 9.24. The van der Waals surface area contributed by atoms with E-state index in [0.29, 0.717) is 12.5 Å². The van der Waals surface area contributed by atoms with Crippen LogP contribution in [-0.4, -0.2) is 64.5 Å². The van der Waals surface area contributed by atoms with Gasteiger partial charge in [-0.15, -0.1) is 0 Å². The molecule has 2 N–H and O–H groups in total. The van der Waals surface area contributed by atoms with Crippen LogP contribution < -0.4 is 0 Å². The molecule has 246 valence electrons. The van der Waals surface area contributed by atoms with Crippen LogP contribution in [-0.2, 0) is 16.0 Å². The van der Waals surface area contributed by atoms with E-state index < -0.39 is 5.97 Å². The summed E-state index contributed by atoms with van der Waals surface area (Å²) in [5, 5.41) is 9.85. The quantitative estimate of drug-likeness (QED) is 0.156. The van der Waals surface area contributed by atoms with Gasteiger partial charge in [0.2, 0.25) is 5.91 Å². The Morgan fingerprint density at radius 3 is 1.98 bits per heavy atom. The monoisotopic (exact) mass is 607 g/mol. The minimum atomic E-state index is -0.653. The summed E-state index contributed by atoms with van der Waals surface area (Å²) in [7, 11) is 2.15. The van der Waals surface area contributed by atoms with E-state index in [9.17, 15) is 9.59 Å². The molecular formula is C38H61N3O3. The van der Waals surface area contributed by atoms with Crippen molar-refractivity contribution < 1.29 is 14.7 Å². The molecule has 2 heterocycles. The van der Waals surface area contributed by atoms with E-state index in [-0.39, 0.29) is 11.8 Å². The number of H-pyrrole nitrogens is 1. The summed E-state index contributed by atoms with van der Waals surface area (Å²) in [4.78, 5) is 30.9. The van der Waals surface area contributed by atoms with Crippen LogP contribution in [0.5, 0.6) is 0 Å². The number of carboxylic acids is 1. The fourth-order valence-corrected chi connectivity index (χ4v) is 7.02. The number of aliphatic carboxylic acids is 1. The van der Waals surface area contributed by atoms with Gasteiger partial charge in [-0.3, -0.25) is 14.5 Å². The minimum Gasteiger partial charge on any atom is -0.481 e. The zero-order chi connectivity index (χ0) is 31.7. The third-order valence-electron chi connectivity index (χ3n) is 9.65. The summed E-state index contributed by atoms with van der Waals surface area (Å²) in [6.45, 7) is 8.74. The molecule has 4 rings (SSSR count). The van der Waals surface area contributed by atoms with Crippen molar-refractivity contribution in [1.29, 1.82) is 0 Å². The Hall–Kier alpha value is -2.60. The van der Waals surface area contributed by atoms with Crippen molar-refractivity contribution in [2.24, 2.45) is 5.92 Å². The Labute approximate surface area is 267 Å². The number of unbranched alkanes of at least 4 members (excludes halogenated alkanes) is 14. The highest BCUT2D eigenvalue weighted by atomic mass is 16.4. The SMILES string of the molecule is CCCCCCCCCCCCCCCCCC(=O)O.CCN(CC)C(=O)[C@@H]1C=C2c3cccc4[nH]cc(c34)C[C@H]2N(C)C1. The molecule has 2 aromatic rings. The van der Waals surface area contributed by atoms with E-state index in [0.717, 1.165) is 38.9 Å². The number of carboxylic acid groups (broad SMARTS) is 1. The van der Waals surface area contributed by atoms with Crippen molar-refractivity contribution in [3.05, 3.63) is 41.6 Å². The van der Waals surface area contributed by atoms with Crippen LogP contribution >= 0.6 is 0 Å². The largest absolute Gasteiger partial charge is 0.481 e. The number of nitrogens with zero attached hydrogens (tertiary/aromatic N) is 2. The number of fused-ring (bicyclic) bond motifs is 2. The number of rotatable bonds is 19. The van der Waals surface area contributed by atoms with Crippen molar-refractivity contribution in [3.63, 3.8) is 0 Å². The first-order valence-electron chi connectivity index (χ1n) is 17.9. The second-order valence-corrected chi connectivity index (χ2v) is 13.0. The Morgan fingerprint density at radius 1 is 0.864 bits per heavy atom. The van der Waals surface area contributed by atoms with E-state index in [1.54, 1.807) is 0 Å². The van der Waals surface area contributed by atoms with E-state index in [1.165, 1.54) is 111 Å². The van der Waals surface area contributed by atoms with Crippen LogP contribution in [0, 0.1) is 5.92 Å². The minimum absolute atomic E-state index is 0.0445. The molecule has 2 aliphatic rings. The molecule has 6 heteroatoms. The van der Waals surface area contributed by atoms with Crippen molar-refractivity contribution >= 4 is 28.4 Å². The third-order valence-corrected chi connectivity index (χ3v) is 9.65. The van der Waals surface area contributed by atoms with Gasteiger partial charge in [0.25, 0.3) is 0 Å². The lowest BCUT2D eigenvalue weighted by atomic mass is 9.79. The molecule has 0 unspecified atom stereocenters. The fraction of sp³-hybridized carbons (Fsp3) is 0.684. The zero-order valence-corrected chi connectivity index (χ0v) is 28.3. The lowest BCUT2D eigenvalue weighted by Crippen LogP contribution is -2.47. The number of hydrogen-bond donors (Lipinski definition) is 2. The van der Waals surface area contributed by atoms with Gasteiger partial charge in [-0.05, 0) is 56.5 Å². The number of benzene rings is 1. The second kappa shape index (κ2) is 19.7. The third kappa shape index (κ3) is 10.8. The number of aromatic nitrogens is 1. The van der Waals surface area contributed by atoms with Crippen molar-refractivity contribution in [2.75, 3.05) is 26.7 Å². The molecule has 1 aromatic carbocycles. The molecule has 2 atom stereocenters. The molecule has 1 aliphatic carbocycles. The summed E-state index contributed by atoms with van der Waals surface area (Å²) in [5.74, 6) is -0.443. The predicted molar refractivity (Wildman–Crippen MR) is 185 cm³/mol. The van der Waals surface area contributed by atoms with Gasteiger partial charge in [0, 0.05) is 49.2 Å². The first kappa shape index (κ1) is 35.9. The molecule has 44 heavy (non-hydrogen) atoms. The van der Waals surface area contributed by atoms with Gasteiger partial charge in [-0.1, -0.05) is 115 Å². The Balaban J connectivity index is 0.000000246. The maximum Gasteiger partial charge on any atom is 0.303 e. The molecular weight excluding hydrogens is 546 g/mol. The van der Waals surface area contributed by atoms with Crippen LogP contribution in [0.2, 0.25) is 0 Å². The fourth-order valence-electron chi connectivity index (χ4n) is 7.02. The molecule has 6 nitrogen and oxygen atoms in total. The molecule has 1 aliphatic heterocycles. The van der Waals surface area contributed by atoms with Crippen LogP contribution in [0.1, 0.15) is 135 Å². The van der Waals surface area contributed by atoms with Gasteiger partial charge in [-0.25, -0.2) is 0 Å². The van der Waals surface area contributed by atoms with Gasteiger partial charge in [0.05, 0.1) is 5.92 Å². The highest BCUT2D eigenvalue weighted by Crippen LogP contribution is 2.41. The van der Waals surface area contributed by atoms with E-state index in [1.807, 2.05) is 4.90 Å². The molecule has 1 amide bonds. The lowest BCUT2D eigenvalue weighted by Gasteiger charge is -2.40. The zero-order valence-electron chi connectivity index (χ0n) is 28.3. The summed E-state index contributed by atoms with van der Waals surface area (Å²) in [5.41, 5.74) is 5.21. The Kier molecular flexibility index (Phi) is 16.1. The number of aromatic amines is 1. The number of nitrogens with one attached hydrogen (secondary N) is 1. The molecule has 1 aromatic heterocycles. The lowest BCUT2D eigenvalue weighted by molar-refractivity contribution is -0.137. The van der Waals surface area contributed by atoms with Crippen LogP contribution in [0.25, 0.3) is 16.5 Å². The summed E-state index contributed by atoms with van der Waals surface area (Å²) in [6.07, 6.45) is 25.6. The van der Waals surface area contributed by atoms with Gasteiger partial charge in [-0.2, -0.15) is 0 Å². The molecule has 0 fully saturated rings. The number of carbonyl (C=O) groups excluding carboxylic acids is 1. The summed E-state index contributed by atoms with van der Waals surface area (Å²) >= 11 is 0. The summed E-state index contributed by atoms with van der Waals surface area (Å²) < 4.78 is 0. The molecule has 0 saturated heterocycles. The van der Waals surface area contributed by atoms with E-state index >= 15 is 0 Å². The Morgan fingerprint density at radius 2 is 1.43 bits per heavy atom. The average Bonchev–Trinajstić information content (AvgIpc) is 3.44. The first-order chi connectivity index (χ1) is 21.4. The maximum atomic E-state index is 12.9. The topological polar surface area (TPSA) is 76.6 Å². The summed E-state index contributed by atoms with van der Waals surface area (Å²) in [6, 6.07) is 6.82. The first-order valence-corrected chi connectivity index (χ1v) is 17.9. The van der Waals surface area contributed by atoms with E-state index in [2.05, 4.69) is 68.2 Å². The smallest absolute Gasteiger partial charge is 0.303 e.